The number of benzene rings is 8. The van der Waals surface area contributed by atoms with Crippen LogP contribution >= 0.6 is 0 Å². The first-order valence-corrected chi connectivity index (χ1v) is 19.4. The van der Waals surface area contributed by atoms with Gasteiger partial charge >= 0.3 is 0 Å². The van der Waals surface area contributed by atoms with Crippen LogP contribution in [-0.2, 0) is 24.9 Å². The van der Waals surface area contributed by atoms with Gasteiger partial charge in [0, 0.05) is 58.3 Å². The van der Waals surface area contributed by atoms with Crippen LogP contribution in [0.2, 0.25) is 0 Å². The van der Waals surface area contributed by atoms with Crippen LogP contribution in [-0.4, -0.2) is 21.6 Å². The van der Waals surface area contributed by atoms with Crippen LogP contribution in [0.15, 0.2) is 204 Å². The Balaban J connectivity index is 0.00000484. The van der Waals surface area contributed by atoms with Crippen molar-refractivity contribution in [3.05, 3.63) is 228 Å². The fourth-order valence-corrected chi connectivity index (χ4v) is 7.74. The first-order valence-electron chi connectivity index (χ1n) is 19.4. The molecule has 1 heterocycles. The summed E-state index contributed by atoms with van der Waals surface area (Å²) in [4.78, 5) is 10.7. The first-order chi connectivity index (χ1) is 28.3. The summed E-state index contributed by atoms with van der Waals surface area (Å²) in [5, 5.41) is 22.8. The Hall–Kier alpha value is -6.88. The standard InChI is InChI=1S/C53H40N2O3.Zn/c1-53(2)43-25-15-27-45(54-49(37-21-11-5-12-22-37)41-33-39(29-31-47(41)56)35-17-7-3-8-18-35)51(43)58-52-44(53)26-16-28-46(52)55-50(38-23-13-6-14-24-38)42-34-40(30-32-48(42)57)36-19-9-4-10-20-36;/h3-34,56-57H,1-2H3;. The predicted molar refractivity (Wildman–Crippen MR) is 236 cm³/mol. The molecule has 59 heavy (non-hydrogen) atoms. The van der Waals surface area contributed by atoms with Crippen LogP contribution in [0.3, 0.4) is 0 Å². The van der Waals surface area contributed by atoms with Gasteiger partial charge in [-0.2, -0.15) is 0 Å². The summed E-state index contributed by atoms with van der Waals surface area (Å²) in [6, 6.07) is 63.5. The molecule has 8 aromatic rings. The molecule has 0 aliphatic carbocycles. The number of hydrogen-bond donors (Lipinski definition) is 2. The molecule has 0 unspecified atom stereocenters. The second-order valence-electron chi connectivity index (χ2n) is 14.9. The molecular formula is C53H40N2O3Zn. The normalized spacial score (nSPS) is 13.1. The van der Waals surface area contributed by atoms with E-state index in [4.69, 9.17) is 14.7 Å². The molecule has 1 aliphatic heterocycles. The number of nitrogens with zero attached hydrogens (tertiary/aromatic N) is 2. The molecule has 282 valence electrons. The van der Waals surface area contributed by atoms with E-state index in [2.05, 4.69) is 50.2 Å². The third-order valence-electron chi connectivity index (χ3n) is 10.8. The van der Waals surface area contributed by atoms with E-state index in [1.54, 1.807) is 12.1 Å². The van der Waals surface area contributed by atoms with Crippen molar-refractivity contribution in [2.24, 2.45) is 9.98 Å². The van der Waals surface area contributed by atoms with Crippen molar-refractivity contribution in [1.29, 1.82) is 0 Å². The molecule has 0 amide bonds. The number of phenolic OH excluding ortho intramolecular Hbond substituents is 2. The van der Waals surface area contributed by atoms with Gasteiger partial charge in [0.25, 0.3) is 0 Å². The molecule has 0 radical (unpaired) electrons. The zero-order valence-electron chi connectivity index (χ0n) is 32.9. The summed E-state index contributed by atoms with van der Waals surface area (Å²) in [5.41, 5.74) is 10.9. The second-order valence-corrected chi connectivity index (χ2v) is 14.9. The molecule has 9 rings (SSSR count). The molecule has 0 aromatic heterocycles. The van der Waals surface area contributed by atoms with Crippen LogP contribution in [0.5, 0.6) is 23.0 Å². The third-order valence-corrected chi connectivity index (χ3v) is 10.8. The van der Waals surface area contributed by atoms with Crippen LogP contribution in [0.25, 0.3) is 22.3 Å². The topological polar surface area (TPSA) is 74.4 Å². The largest absolute Gasteiger partial charge is 0.507 e. The zero-order valence-corrected chi connectivity index (χ0v) is 35.8. The van der Waals surface area contributed by atoms with Gasteiger partial charge in [-0.25, -0.2) is 9.98 Å². The average Bonchev–Trinajstić information content (AvgIpc) is 3.27. The van der Waals surface area contributed by atoms with Gasteiger partial charge in [-0.15, -0.1) is 0 Å². The number of fused-ring (bicyclic) bond motifs is 2. The van der Waals surface area contributed by atoms with Gasteiger partial charge in [-0.05, 0) is 58.7 Å². The molecule has 5 nitrogen and oxygen atoms in total. The molecular weight excluding hydrogens is 778 g/mol. The number of aliphatic imine (C=N–C) groups is 2. The van der Waals surface area contributed by atoms with Gasteiger partial charge < -0.3 is 14.9 Å². The van der Waals surface area contributed by atoms with Crippen LogP contribution in [0.1, 0.15) is 47.2 Å². The number of phenols is 2. The van der Waals surface area contributed by atoms with E-state index in [-0.39, 0.29) is 31.0 Å². The Labute approximate surface area is 357 Å². The summed E-state index contributed by atoms with van der Waals surface area (Å²) >= 11 is 0. The van der Waals surface area contributed by atoms with Crippen molar-refractivity contribution in [3.8, 4) is 45.3 Å². The van der Waals surface area contributed by atoms with Crippen molar-refractivity contribution in [2.75, 3.05) is 0 Å². The van der Waals surface area contributed by atoms with Crippen molar-refractivity contribution in [2.45, 2.75) is 19.3 Å². The van der Waals surface area contributed by atoms with E-state index in [1.807, 2.05) is 146 Å². The smallest absolute Gasteiger partial charge is 0.157 e. The van der Waals surface area contributed by atoms with Gasteiger partial charge in [0.05, 0.1) is 11.4 Å². The third kappa shape index (κ3) is 7.63. The number of rotatable bonds is 8. The molecule has 8 aromatic carbocycles. The van der Waals surface area contributed by atoms with Gasteiger partial charge in [0.2, 0.25) is 0 Å². The van der Waals surface area contributed by atoms with E-state index in [9.17, 15) is 10.2 Å². The molecule has 6 heteroatoms. The minimum atomic E-state index is -0.496. The summed E-state index contributed by atoms with van der Waals surface area (Å²) in [7, 11) is 0. The quantitative estimate of drug-likeness (QED) is 0.118. The summed E-state index contributed by atoms with van der Waals surface area (Å²) in [6.45, 7) is 4.38. The SMILES string of the molecule is CC1(C)c2cccc(N=C(c3ccccc3)c3cc(-c4ccccc4)ccc3O)c2Oc2c(N=C(c3ccccc3)c3cc(-c4ccccc4)ccc3O)cccc21.[Zn]. The number of ether oxygens (including phenoxy) is 1. The first kappa shape index (κ1) is 39.0. The molecule has 0 bridgehead atoms. The van der Waals surface area contributed by atoms with Crippen molar-refractivity contribution < 1.29 is 34.4 Å². The molecule has 1 aliphatic rings. The van der Waals surface area contributed by atoms with Crippen molar-refractivity contribution in [3.63, 3.8) is 0 Å². The van der Waals surface area contributed by atoms with E-state index in [0.29, 0.717) is 45.4 Å². The Morgan fingerprint density at radius 2 is 0.797 bits per heavy atom. The molecule has 0 atom stereocenters. The van der Waals surface area contributed by atoms with Crippen LogP contribution in [0, 0.1) is 0 Å². The minimum Gasteiger partial charge on any atom is -0.507 e. The van der Waals surface area contributed by atoms with Gasteiger partial charge in [0.15, 0.2) is 11.5 Å². The molecule has 0 saturated heterocycles. The molecule has 0 spiro atoms. The molecule has 0 fully saturated rings. The fourth-order valence-electron chi connectivity index (χ4n) is 7.74. The summed E-state index contributed by atoms with van der Waals surface area (Å²) in [6.07, 6.45) is 0. The van der Waals surface area contributed by atoms with E-state index < -0.39 is 5.41 Å². The second kappa shape index (κ2) is 16.5. The monoisotopic (exact) mass is 816 g/mol. The van der Waals surface area contributed by atoms with Gasteiger partial charge in [0.1, 0.15) is 22.9 Å². The van der Waals surface area contributed by atoms with E-state index in [1.165, 1.54) is 0 Å². The maximum atomic E-state index is 11.4. The summed E-state index contributed by atoms with van der Waals surface area (Å²) < 4.78 is 7.03. The van der Waals surface area contributed by atoms with Crippen molar-refractivity contribution >= 4 is 22.8 Å². The van der Waals surface area contributed by atoms with Crippen LogP contribution in [0.4, 0.5) is 11.4 Å². The fraction of sp³-hybridized carbons (Fsp3) is 0.0566. The minimum absolute atomic E-state index is 0. The Kier molecular flexibility index (Phi) is 10.9. The average molecular weight is 818 g/mol. The summed E-state index contributed by atoms with van der Waals surface area (Å²) in [5.74, 6) is 1.49. The number of para-hydroxylation sites is 2. The maximum Gasteiger partial charge on any atom is 0.157 e. The number of aromatic hydroxyl groups is 2. The van der Waals surface area contributed by atoms with Gasteiger partial charge in [-0.3, -0.25) is 0 Å². The van der Waals surface area contributed by atoms with Gasteiger partial charge in [-0.1, -0.05) is 172 Å². The molecule has 2 N–H and O–H groups in total. The zero-order chi connectivity index (χ0) is 39.6. The van der Waals surface area contributed by atoms with E-state index in [0.717, 1.165) is 44.5 Å². The Morgan fingerprint density at radius 1 is 0.424 bits per heavy atom. The molecule has 0 saturated carbocycles. The maximum absolute atomic E-state index is 11.4. The Bertz CT molecular complexity index is 2640. The van der Waals surface area contributed by atoms with Crippen LogP contribution < -0.4 is 4.74 Å². The number of hydrogen-bond acceptors (Lipinski definition) is 5. The van der Waals surface area contributed by atoms with E-state index >= 15 is 0 Å². The predicted octanol–water partition coefficient (Wildman–Crippen LogP) is 13.2. The van der Waals surface area contributed by atoms with Crippen molar-refractivity contribution in [1.82, 2.24) is 0 Å². The Morgan fingerprint density at radius 3 is 1.19 bits per heavy atom.